The monoisotopic (exact) mass is 198 g/mol. The van der Waals surface area contributed by atoms with Crippen molar-refractivity contribution in [2.75, 3.05) is 11.9 Å². The minimum atomic E-state index is -2.92. The highest BCUT2D eigenvalue weighted by Gasteiger charge is 2.43. The summed E-state index contributed by atoms with van der Waals surface area (Å²) in [5.74, 6) is -2.92. The van der Waals surface area contributed by atoms with Crippen LogP contribution in [0.2, 0.25) is 0 Å². The van der Waals surface area contributed by atoms with Crippen molar-refractivity contribution >= 4 is 5.69 Å². The van der Waals surface area contributed by atoms with Crippen molar-refractivity contribution in [1.29, 1.82) is 0 Å². The van der Waals surface area contributed by atoms with E-state index in [2.05, 4.69) is 5.32 Å². The summed E-state index contributed by atoms with van der Waals surface area (Å²) in [5.41, 5.74) is 6.73. The van der Waals surface area contributed by atoms with Crippen LogP contribution < -0.4 is 11.1 Å². The number of halogens is 2. The molecular formula is C10H12F2N2. The lowest BCUT2D eigenvalue weighted by atomic mass is 9.93. The molecule has 2 rings (SSSR count). The van der Waals surface area contributed by atoms with Crippen LogP contribution >= 0.6 is 0 Å². The van der Waals surface area contributed by atoms with Crippen molar-refractivity contribution in [1.82, 2.24) is 0 Å². The molecule has 1 aliphatic heterocycles. The van der Waals surface area contributed by atoms with Gasteiger partial charge in [-0.2, -0.15) is 8.78 Å². The SMILES string of the molecule is Cc1cccc2c1NCC(N)C2(F)F. The molecule has 1 heterocycles. The zero-order valence-corrected chi connectivity index (χ0v) is 7.85. The number of fused-ring (bicyclic) bond motifs is 1. The second-order valence-electron chi connectivity index (χ2n) is 3.61. The molecule has 0 amide bonds. The van der Waals surface area contributed by atoms with Gasteiger partial charge >= 0.3 is 0 Å². The Morgan fingerprint density at radius 1 is 1.50 bits per heavy atom. The summed E-state index contributed by atoms with van der Waals surface area (Å²) < 4.78 is 27.2. The molecule has 0 aromatic heterocycles. The van der Waals surface area contributed by atoms with Crippen LogP contribution in [-0.2, 0) is 5.92 Å². The molecular weight excluding hydrogens is 186 g/mol. The molecule has 0 fully saturated rings. The van der Waals surface area contributed by atoms with Gasteiger partial charge in [-0.05, 0) is 12.5 Å². The smallest absolute Gasteiger partial charge is 0.291 e. The van der Waals surface area contributed by atoms with E-state index in [-0.39, 0.29) is 12.1 Å². The Bertz CT molecular complexity index is 363. The molecule has 0 saturated carbocycles. The summed E-state index contributed by atoms with van der Waals surface area (Å²) in [6.07, 6.45) is 0. The second kappa shape index (κ2) is 2.92. The Labute approximate surface area is 81.1 Å². The fourth-order valence-electron chi connectivity index (χ4n) is 1.72. The predicted molar refractivity (Wildman–Crippen MR) is 51.5 cm³/mol. The third kappa shape index (κ3) is 1.18. The fraction of sp³-hybridized carbons (Fsp3) is 0.400. The zero-order chi connectivity index (χ0) is 10.3. The number of anilines is 1. The van der Waals surface area contributed by atoms with E-state index in [0.717, 1.165) is 5.56 Å². The van der Waals surface area contributed by atoms with E-state index in [1.807, 2.05) is 0 Å². The molecule has 2 nitrogen and oxygen atoms in total. The van der Waals surface area contributed by atoms with Gasteiger partial charge in [0, 0.05) is 17.8 Å². The van der Waals surface area contributed by atoms with Crippen molar-refractivity contribution in [3.8, 4) is 0 Å². The Hall–Kier alpha value is -1.16. The van der Waals surface area contributed by atoms with Crippen molar-refractivity contribution < 1.29 is 8.78 Å². The first-order valence-corrected chi connectivity index (χ1v) is 4.51. The van der Waals surface area contributed by atoms with Gasteiger partial charge in [0.2, 0.25) is 0 Å². The first-order chi connectivity index (χ1) is 6.53. The topological polar surface area (TPSA) is 38.0 Å². The third-order valence-corrected chi connectivity index (χ3v) is 2.60. The van der Waals surface area contributed by atoms with Gasteiger partial charge in [0.15, 0.2) is 0 Å². The highest BCUT2D eigenvalue weighted by molar-refractivity contribution is 5.61. The van der Waals surface area contributed by atoms with Crippen molar-refractivity contribution in [3.63, 3.8) is 0 Å². The maximum atomic E-state index is 13.6. The number of aryl methyl sites for hydroxylation is 1. The molecule has 4 heteroatoms. The molecule has 1 unspecified atom stereocenters. The Kier molecular flexibility index (Phi) is 1.96. The number of hydrogen-bond donors (Lipinski definition) is 2. The van der Waals surface area contributed by atoms with Crippen molar-refractivity contribution in [3.05, 3.63) is 29.3 Å². The lowest BCUT2D eigenvalue weighted by Crippen LogP contribution is -2.47. The summed E-state index contributed by atoms with van der Waals surface area (Å²) in [6.45, 7) is 1.92. The molecule has 0 bridgehead atoms. The first-order valence-electron chi connectivity index (χ1n) is 4.51. The number of para-hydroxylation sites is 1. The zero-order valence-electron chi connectivity index (χ0n) is 7.85. The molecule has 1 atom stereocenters. The number of alkyl halides is 2. The number of hydrogen-bond acceptors (Lipinski definition) is 2. The summed E-state index contributed by atoms with van der Waals surface area (Å²) in [5, 5.41) is 2.93. The van der Waals surface area contributed by atoms with E-state index in [1.165, 1.54) is 6.07 Å². The van der Waals surface area contributed by atoms with E-state index in [0.29, 0.717) is 5.69 Å². The minimum absolute atomic E-state index is 0.0104. The van der Waals surface area contributed by atoms with Crippen LogP contribution in [-0.4, -0.2) is 12.6 Å². The number of nitrogens with one attached hydrogen (secondary N) is 1. The molecule has 3 N–H and O–H groups in total. The summed E-state index contributed by atoms with van der Waals surface area (Å²) >= 11 is 0. The van der Waals surface area contributed by atoms with Crippen molar-refractivity contribution in [2.24, 2.45) is 5.73 Å². The van der Waals surface area contributed by atoms with Crippen LogP contribution in [0.1, 0.15) is 11.1 Å². The summed E-state index contributed by atoms with van der Waals surface area (Å²) in [6, 6.07) is 3.71. The average molecular weight is 198 g/mol. The Morgan fingerprint density at radius 3 is 2.93 bits per heavy atom. The number of rotatable bonds is 0. The first kappa shape index (κ1) is 9.40. The molecule has 76 valence electrons. The van der Waals surface area contributed by atoms with Crippen LogP contribution in [0.25, 0.3) is 0 Å². The van der Waals surface area contributed by atoms with Crippen LogP contribution in [0.5, 0.6) is 0 Å². The lowest BCUT2D eigenvalue weighted by molar-refractivity contribution is -0.0300. The maximum Gasteiger partial charge on any atom is 0.291 e. The van der Waals surface area contributed by atoms with Gasteiger partial charge in [-0.15, -0.1) is 0 Å². The largest absolute Gasteiger partial charge is 0.383 e. The third-order valence-electron chi connectivity index (χ3n) is 2.60. The van der Waals surface area contributed by atoms with Crippen LogP contribution in [0.3, 0.4) is 0 Å². The van der Waals surface area contributed by atoms with E-state index in [9.17, 15) is 8.78 Å². The predicted octanol–water partition coefficient (Wildman–Crippen LogP) is 1.84. The maximum absolute atomic E-state index is 13.6. The van der Waals surface area contributed by atoms with E-state index in [1.54, 1.807) is 19.1 Å². The van der Waals surface area contributed by atoms with Crippen LogP contribution in [0, 0.1) is 6.92 Å². The molecule has 14 heavy (non-hydrogen) atoms. The molecule has 0 aliphatic carbocycles. The fourth-order valence-corrected chi connectivity index (χ4v) is 1.72. The summed E-state index contributed by atoms with van der Waals surface area (Å²) in [4.78, 5) is 0. The van der Waals surface area contributed by atoms with Gasteiger partial charge in [-0.3, -0.25) is 0 Å². The van der Waals surface area contributed by atoms with Gasteiger partial charge in [-0.25, -0.2) is 0 Å². The van der Waals surface area contributed by atoms with Gasteiger partial charge < -0.3 is 11.1 Å². The number of nitrogens with two attached hydrogens (primary N) is 1. The molecule has 1 aromatic rings. The van der Waals surface area contributed by atoms with E-state index in [4.69, 9.17) is 5.73 Å². The van der Waals surface area contributed by atoms with Crippen molar-refractivity contribution in [2.45, 2.75) is 18.9 Å². The normalized spacial score (nSPS) is 23.9. The summed E-state index contributed by atoms with van der Waals surface area (Å²) in [7, 11) is 0. The molecule has 0 spiro atoms. The standard InChI is InChI=1S/C10H12F2N2/c1-6-3-2-4-7-9(6)14-5-8(13)10(7,11)12/h2-4,8,14H,5,13H2,1H3. The highest BCUT2D eigenvalue weighted by atomic mass is 19.3. The molecule has 0 radical (unpaired) electrons. The van der Waals surface area contributed by atoms with Crippen LogP contribution in [0.4, 0.5) is 14.5 Å². The lowest BCUT2D eigenvalue weighted by Gasteiger charge is -2.32. The van der Waals surface area contributed by atoms with Crippen LogP contribution in [0.15, 0.2) is 18.2 Å². The molecule has 1 aromatic carbocycles. The second-order valence-corrected chi connectivity index (χ2v) is 3.61. The Morgan fingerprint density at radius 2 is 2.21 bits per heavy atom. The molecule has 0 saturated heterocycles. The quantitative estimate of drug-likeness (QED) is 0.667. The van der Waals surface area contributed by atoms with E-state index < -0.39 is 12.0 Å². The Balaban J connectivity index is 2.59. The minimum Gasteiger partial charge on any atom is -0.383 e. The average Bonchev–Trinajstić information content (AvgIpc) is 2.13. The van der Waals surface area contributed by atoms with Gasteiger partial charge in [0.25, 0.3) is 5.92 Å². The van der Waals surface area contributed by atoms with Gasteiger partial charge in [0.05, 0.1) is 6.04 Å². The van der Waals surface area contributed by atoms with Gasteiger partial charge in [0.1, 0.15) is 0 Å². The number of benzene rings is 1. The van der Waals surface area contributed by atoms with Gasteiger partial charge in [-0.1, -0.05) is 18.2 Å². The van der Waals surface area contributed by atoms with E-state index >= 15 is 0 Å². The highest BCUT2D eigenvalue weighted by Crippen LogP contribution is 2.40. The molecule has 1 aliphatic rings.